The van der Waals surface area contributed by atoms with Crippen LogP contribution in [-0.2, 0) is 20.9 Å². The fourth-order valence-corrected chi connectivity index (χ4v) is 1.71. The van der Waals surface area contributed by atoms with Gasteiger partial charge in [0.1, 0.15) is 5.75 Å². The summed E-state index contributed by atoms with van der Waals surface area (Å²) in [6, 6.07) is 12.3. The Morgan fingerprint density at radius 2 is 1.84 bits per heavy atom. The van der Waals surface area contributed by atoms with Crippen molar-refractivity contribution in [1.82, 2.24) is 4.98 Å². The zero-order valence-electron chi connectivity index (χ0n) is 10.3. The number of hydrogen-bond donors (Lipinski definition) is 0. The molecule has 1 aromatic carbocycles. The maximum atomic E-state index is 10.9. The fourth-order valence-electron chi connectivity index (χ4n) is 1.36. The second-order valence-electron chi connectivity index (χ2n) is 3.88. The van der Waals surface area contributed by atoms with E-state index in [1.54, 1.807) is 42.6 Å². The molecular formula is C13H13NO4S. The van der Waals surface area contributed by atoms with Crippen molar-refractivity contribution in [3.05, 3.63) is 54.2 Å². The first kappa shape index (κ1) is 13.5. The number of rotatable bonds is 5. The van der Waals surface area contributed by atoms with Crippen molar-refractivity contribution in [2.24, 2.45) is 0 Å². The molecule has 0 spiro atoms. The molecule has 0 saturated carbocycles. The molecule has 0 fully saturated rings. The highest BCUT2D eigenvalue weighted by molar-refractivity contribution is 7.85. The molecule has 0 aliphatic carbocycles. The van der Waals surface area contributed by atoms with Gasteiger partial charge < -0.3 is 4.74 Å². The van der Waals surface area contributed by atoms with Crippen molar-refractivity contribution in [1.29, 1.82) is 0 Å². The number of hydrogen-bond acceptors (Lipinski definition) is 5. The van der Waals surface area contributed by atoms with Crippen LogP contribution in [0.5, 0.6) is 11.6 Å². The van der Waals surface area contributed by atoms with E-state index in [2.05, 4.69) is 4.98 Å². The average molecular weight is 279 g/mol. The predicted molar refractivity (Wildman–Crippen MR) is 70.4 cm³/mol. The molecular weight excluding hydrogens is 266 g/mol. The van der Waals surface area contributed by atoms with Gasteiger partial charge in [-0.15, -0.1) is 0 Å². The summed E-state index contributed by atoms with van der Waals surface area (Å²) in [5.74, 6) is 1.13. The minimum atomic E-state index is -3.42. The highest BCUT2D eigenvalue weighted by Gasteiger charge is 2.03. The van der Waals surface area contributed by atoms with Gasteiger partial charge in [0.2, 0.25) is 5.88 Å². The molecule has 0 atom stereocenters. The van der Waals surface area contributed by atoms with Crippen LogP contribution in [0, 0.1) is 0 Å². The zero-order chi connectivity index (χ0) is 13.7. The summed E-state index contributed by atoms with van der Waals surface area (Å²) in [6.07, 6.45) is 2.66. The molecule has 0 N–H and O–H groups in total. The summed E-state index contributed by atoms with van der Waals surface area (Å²) in [4.78, 5) is 4.04. The highest BCUT2D eigenvalue weighted by Crippen LogP contribution is 2.19. The van der Waals surface area contributed by atoms with Gasteiger partial charge >= 0.3 is 0 Å². The summed E-state index contributed by atoms with van der Waals surface area (Å²) in [5, 5.41) is 0. The number of benzene rings is 1. The Morgan fingerprint density at radius 3 is 2.42 bits per heavy atom. The van der Waals surface area contributed by atoms with E-state index in [1.807, 2.05) is 6.07 Å². The number of nitrogens with zero attached hydrogens (tertiary/aromatic N) is 1. The van der Waals surface area contributed by atoms with Crippen LogP contribution in [0.2, 0.25) is 0 Å². The molecule has 100 valence electrons. The fraction of sp³-hybridized carbons (Fsp3) is 0.154. The molecule has 0 bridgehead atoms. The molecule has 19 heavy (non-hydrogen) atoms. The third-order valence-electron chi connectivity index (χ3n) is 2.22. The molecule has 2 rings (SSSR count). The molecule has 0 amide bonds. The van der Waals surface area contributed by atoms with Gasteiger partial charge in [-0.05, 0) is 23.8 Å². The Hall–Kier alpha value is -1.92. The Bertz CT molecular complexity index is 623. The lowest BCUT2D eigenvalue weighted by Crippen LogP contribution is -2.02. The zero-order valence-corrected chi connectivity index (χ0v) is 11.1. The van der Waals surface area contributed by atoms with Gasteiger partial charge in [-0.2, -0.15) is 8.42 Å². The molecule has 0 saturated heterocycles. The molecule has 1 aromatic heterocycles. The van der Waals surface area contributed by atoms with E-state index >= 15 is 0 Å². The van der Waals surface area contributed by atoms with Crippen molar-refractivity contribution >= 4 is 10.1 Å². The van der Waals surface area contributed by atoms with E-state index in [0.717, 1.165) is 11.8 Å². The van der Waals surface area contributed by atoms with Crippen LogP contribution in [0.3, 0.4) is 0 Å². The largest absolute Gasteiger partial charge is 0.439 e. The van der Waals surface area contributed by atoms with Crippen LogP contribution >= 0.6 is 0 Å². The van der Waals surface area contributed by atoms with E-state index in [-0.39, 0.29) is 6.61 Å². The van der Waals surface area contributed by atoms with Crippen LogP contribution in [0.1, 0.15) is 5.56 Å². The first-order valence-electron chi connectivity index (χ1n) is 5.55. The van der Waals surface area contributed by atoms with Crippen LogP contribution in [0.15, 0.2) is 48.7 Å². The summed E-state index contributed by atoms with van der Waals surface area (Å²) >= 11 is 0. The lowest BCUT2D eigenvalue weighted by molar-refractivity contribution is 0.311. The average Bonchev–Trinajstić information content (AvgIpc) is 2.38. The van der Waals surface area contributed by atoms with Crippen molar-refractivity contribution < 1.29 is 17.3 Å². The van der Waals surface area contributed by atoms with E-state index < -0.39 is 10.1 Å². The quantitative estimate of drug-likeness (QED) is 0.786. The third kappa shape index (κ3) is 4.69. The van der Waals surface area contributed by atoms with Crippen molar-refractivity contribution in [3.8, 4) is 11.6 Å². The minimum Gasteiger partial charge on any atom is -0.439 e. The lowest BCUT2D eigenvalue weighted by Gasteiger charge is -2.05. The van der Waals surface area contributed by atoms with E-state index in [9.17, 15) is 8.42 Å². The Balaban J connectivity index is 1.99. The molecule has 0 unspecified atom stereocenters. The standard InChI is InChI=1S/C13H13NO4S/c1-19(15,16)17-10-11-5-7-12(8-6-11)18-13-4-2-3-9-14-13/h2-9H,10H2,1H3. The maximum absolute atomic E-state index is 10.9. The van der Waals surface area contributed by atoms with E-state index in [1.165, 1.54) is 0 Å². The van der Waals surface area contributed by atoms with E-state index in [4.69, 9.17) is 8.92 Å². The smallest absolute Gasteiger partial charge is 0.264 e. The van der Waals surface area contributed by atoms with Gasteiger partial charge in [0.15, 0.2) is 0 Å². The number of ether oxygens (including phenoxy) is 1. The third-order valence-corrected chi connectivity index (χ3v) is 2.77. The van der Waals surface area contributed by atoms with Crippen LogP contribution in [0.4, 0.5) is 0 Å². The molecule has 2 aromatic rings. The monoisotopic (exact) mass is 279 g/mol. The highest BCUT2D eigenvalue weighted by atomic mass is 32.2. The molecule has 5 nitrogen and oxygen atoms in total. The van der Waals surface area contributed by atoms with Crippen LogP contribution in [0.25, 0.3) is 0 Å². The normalized spacial score (nSPS) is 11.2. The topological polar surface area (TPSA) is 65.5 Å². The first-order valence-corrected chi connectivity index (χ1v) is 7.37. The van der Waals surface area contributed by atoms with Crippen LogP contribution < -0.4 is 4.74 Å². The van der Waals surface area contributed by atoms with Crippen molar-refractivity contribution in [2.75, 3.05) is 6.26 Å². The van der Waals surface area contributed by atoms with E-state index in [0.29, 0.717) is 11.6 Å². The molecule has 0 radical (unpaired) electrons. The second kappa shape index (κ2) is 5.81. The van der Waals surface area contributed by atoms with Crippen molar-refractivity contribution in [3.63, 3.8) is 0 Å². The van der Waals surface area contributed by atoms with Gasteiger partial charge in [0.25, 0.3) is 10.1 Å². The van der Waals surface area contributed by atoms with Gasteiger partial charge in [0, 0.05) is 12.3 Å². The minimum absolute atomic E-state index is 0.0166. The van der Waals surface area contributed by atoms with Gasteiger partial charge in [-0.3, -0.25) is 4.18 Å². The lowest BCUT2D eigenvalue weighted by atomic mass is 10.2. The van der Waals surface area contributed by atoms with Gasteiger partial charge in [-0.1, -0.05) is 18.2 Å². The second-order valence-corrected chi connectivity index (χ2v) is 5.52. The maximum Gasteiger partial charge on any atom is 0.264 e. The van der Waals surface area contributed by atoms with Gasteiger partial charge in [0.05, 0.1) is 12.9 Å². The molecule has 0 aliphatic rings. The number of aromatic nitrogens is 1. The number of pyridine rings is 1. The summed E-state index contributed by atoms with van der Waals surface area (Å²) < 4.78 is 31.9. The summed E-state index contributed by atoms with van der Waals surface area (Å²) in [7, 11) is -3.42. The Kier molecular flexibility index (Phi) is 4.13. The Labute approximate surface area is 111 Å². The predicted octanol–water partition coefficient (Wildman–Crippen LogP) is 2.35. The SMILES string of the molecule is CS(=O)(=O)OCc1ccc(Oc2ccccn2)cc1. The first-order chi connectivity index (χ1) is 9.03. The van der Waals surface area contributed by atoms with Crippen molar-refractivity contribution in [2.45, 2.75) is 6.61 Å². The Morgan fingerprint density at radius 1 is 1.11 bits per heavy atom. The van der Waals surface area contributed by atoms with Gasteiger partial charge in [-0.25, -0.2) is 4.98 Å². The molecule has 0 aliphatic heterocycles. The summed E-state index contributed by atoms with van der Waals surface area (Å²) in [5.41, 5.74) is 0.749. The summed E-state index contributed by atoms with van der Waals surface area (Å²) in [6.45, 7) is 0.0166. The molecule has 6 heteroatoms. The molecule has 1 heterocycles. The van der Waals surface area contributed by atoms with Crippen LogP contribution in [-0.4, -0.2) is 19.7 Å².